The van der Waals surface area contributed by atoms with Gasteiger partial charge in [-0.15, -0.1) is 0 Å². The van der Waals surface area contributed by atoms with Crippen molar-refractivity contribution in [1.29, 1.82) is 0 Å². The summed E-state index contributed by atoms with van der Waals surface area (Å²) in [5.41, 5.74) is -0.752. The third-order valence-corrected chi connectivity index (χ3v) is 5.02. The Balaban J connectivity index is 2.83. The first kappa shape index (κ1) is 18.2. The molecule has 1 atom stereocenters. The van der Waals surface area contributed by atoms with Crippen molar-refractivity contribution < 1.29 is 9.90 Å². The van der Waals surface area contributed by atoms with Gasteiger partial charge >= 0.3 is 11.7 Å². The Kier molecular flexibility index (Phi) is 5.43. The Morgan fingerprint density at radius 2 is 1.88 bits per heavy atom. The minimum absolute atomic E-state index is 0.184. The smallest absolute Gasteiger partial charge is 0.332 e. The molecule has 0 saturated carbocycles. The minimum atomic E-state index is -0.965. The van der Waals surface area contributed by atoms with Crippen LogP contribution in [0, 0.1) is 0 Å². The highest BCUT2D eigenvalue weighted by Crippen LogP contribution is 2.28. The van der Waals surface area contributed by atoms with Gasteiger partial charge in [0.05, 0.1) is 0 Å². The van der Waals surface area contributed by atoms with Gasteiger partial charge in [-0.05, 0) is 12.8 Å². The highest BCUT2D eigenvalue weighted by Gasteiger charge is 2.23. The Labute approximate surface area is 142 Å². The van der Waals surface area contributed by atoms with Crippen LogP contribution in [0.25, 0.3) is 11.0 Å². The van der Waals surface area contributed by atoms with Crippen LogP contribution in [0.1, 0.15) is 32.5 Å². The number of thioether (sulfide) groups is 1. The minimum Gasteiger partial charge on any atom is -0.480 e. The second-order valence-corrected chi connectivity index (χ2v) is 6.64. The van der Waals surface area contributed by atoms with E-state index in [1.165, 1.54) is 18.7 Å². The molecule has 0 radical (unpaired) electrons. The number of aryl methyl sites for hydroxylation is 2. The van der Waals surface area contributed by atoms with E-state index in [4.69, 9.17) is 0 Å². The van der Waals surface area contributed by atoms with Crippen LogP contribution in [0.2, 0.25) is 0 Å². The lowest BCUT2D eigenvalue weighted by Crippen LogP contribution is -2.38. The number of carboxylic acids is 1. The van der Waals surface area contributed by atoms with Crippen LogP contribution in [0.3, 0.4) is 0 Å². The molecule has 2 aromatic rings. The second-order valence-electron chi connectivity index (χ2n) is 5.45. The molecule has 0 fully saturated rings. The lowest BCUT2D eigenvalue weighted by atomic mass is 10.3. The largest absolute Gasteiger partial charge is 0.480 e. The van der Waals surface area contributed by atoms with Crippen molar-refractivity contribution in [2.24, 2.45) is 14.1 Å². The van der Waals surface area contributed by atoms with Crippen molar-refractivity contribution in [2.75, 3.05) is 0 Å². The first-order valence-corrected chi connectivity index (χ1v) is 8.55. The summed E-state index contributed by atoms with van der Waals surface area (Å²) in [6.45, 7) is 3.73. The van der Waals surface area contributed by atoms with Crippen LogP contribution in [-0.2, 0) is 25.3 Å². The number of carboxylic acid groups (broad SMARTS) is 1. The Morgan fingerprint density at radius 1 is 1.21 bits per heavy atom. The number of hydrogen-bond acceptors (Lipinski definition) is 6. The zero-order chi connectivity index (χ0) is 18.0. The van der Waals surface area contributed by atoms with Gasteiger partial charge in [-0.2, -0.15) is 0 Å². The average Bonchev–Trinajstić information content (AvgIpc) is 2.55. The third kappa shape index (κ3) is 3.21. The quantitative estimate of drug-likeness (QED) is 0.609. The molecule has 0 amide bonds. The maximum absolute atomic E-state index is 12.5. The number of aliphatic carboxylic acids is 1. The van der Waals surface area contributed by atoms with Gasteiger partial charge in [0.15, 0.2) is 5.65 Å². The van der Waals surface area contributed by atoms with E-state index in [2.05, 4.69) is 9.97 Å². The molecule has 130 valence electrons. The number of nitrogens with zero attached hydrogens (tertiary/aromatic N) is 4. The number of carbonyl (C=O) groups is 1. The molecule has 0 aromatic carbocycles. The van der Waals surface area contributed by atoms with Gasteiger partial charge < -0.3 is 5.11 Å². The highest BCUT2D eigenvalue weighted by molar-refractivity contribution is 8.00. The fourth-order valence-electron chi connectivity index (χ4n) is 2.34. The molecule has 0 bridgehead atoms. The van der Waals surface area contributed by atoms with Crippen LogP contribution < -0.4 is 11.2 Å². The van der Waals surface area contributed by atoms with Crippen molar-refractivity contribution in [2.45, 2.75) is 43.4 Å². The maximum Gasteiger partial charge on any atom is 0.332 e. The molecule has 9 heteroatoms. The van der Waals surface area contributed by atoms with Gasteiger partial charge in [0.1, 0.15) is 21.5 Å². The molecule has 0 aliphatic heterocycles. The molecule has 2 heterocycles. The summed E-state index contributed by atoms with van der Waals surface area (Å²) in [6, 6.07) is 0. The summed E-state index contributed by atoms with van der Waals surface area (Å²) in [4.78, 5) is 44.8. The van der Waals surface area contributed by atoms with E-state index in [9.17, 15) is 19.5 Å². The number of rotatable bonds is 6. The summed E-state index contributed by atoms with van der Waals surface area (Å²) in [5, 5.41) is 9.07. The van der Waals surface area contributed by atoms with Crippen LogP contribution in [-0.4, -0.2) is 35.4 Å². The van der Waals surface area contributed by atoms with Crippen molar-refractivity contribution >= 4 is 28.8 Å². The van der Waals surface area contributed by atoms with Crippen LogP contribution >= 0.6 is 11.8 Å². The van der Waals surface area contributed by atoms with E-state index < -0.39 is 22.5 Å². The SMILES string of the molecule is CCCc1nc(S[C@@H](CC)C(=O)O)c2c(=O)n(C)c(=O)n(C)c2n1. The van der Waals surface area contributed by atoms with Gasteiger partial charge in [0.25, 0.3) is 5.56 Å². The lowest BCUT2D eigenvalue weighted by Gasteiger charge is -2.14. The standard InChI is InChI=1S/C15H20N4O4S/c1-5-7-9-16-11-10(13(20)19(4)15(23)18(11)3)12(17-9)24-8(6-2)14(21)22/h8H,5-7H2,1-4H3,(H,21,22)/t8-/m0/s1. The number of aromatic nitrogens is 4. The Hall–Kier alpha value is -2.16. The van der Waals surface area contributed by atoms with Crippen LogP contribution in [0.15, 0.2) is 14.6 Å². The van der Waals surface area contributed by atoms with E-state index in [-0.39, 0.29) is 11.0 Å². The first-order valence-electron chi connectivity index (χ1n) is 7.67. The van der Waals surface area contributed by atoms with E-state index >= 15 is 0 Å². The fraction of sp³-hybridized carbons (Fsp3) is 0.533. The zero-order valence-electron chi connectivity index (χ0n) is 14.1. The summed E-state index contributed by atoms with van der Waals surface area (Å²) >= 11 is 1.02. The van der Waals surface area contributed by atoms with E-state index in [0.29, 0.717) is 23.7 Å². The van der Waals surface area contributed by atoms with Gasteiger partial charge in [0, 0.05) is 20.5 Å². The second kappa shape index (κ2) is 7.16. The average molecular weight is 352 g/mol. The molecule has 2 rings (SSSR count). The lowest BCUT2D eigenvalue weighted by molar-refractivity contribution is -0.136. The summed E-state index contributed by atoms with van der Waals surface area (Å²) in [5.74, 6) is -0.469. The van der Waals surface area contributed by atoms with E-state index in [0.717, 1.165) is 22.7 Å². The van der Waals surface area contributed by atoms with Gasteiger partial charge in [0.2, 0.25) is 0 Å². The van der Waals surface area contributed by atoms with Gasteiger partial charge in [-0.1, -0.05) is 25.6 Å². The van der Waals surface area contributed by atoms with Crippen molar-refractivity contribution in [1.82, 2.24) is 19.1 Å². The van der Waals surface area contributed by atoms with Crippen molar-refractivity contribution in [3.63, 3.8) is 0 Å². The molecule has 1 N–H and O–H groups in total. The normalized spacial score (nSPS) is 12.5. The topological polar surface area (TPSA) is 107 Å². The van der Waals surface area contributed by atoms with Crippen LogP contribution in [0.4, 0.5) is 0 Å². The predicted octanol–water partition coefficient (Wildman–Crippen LogP) is 0.935. The zero-order valence-corrected chi connectivity index (χ0v) is 14.9. The molecule has 0 unspecified atom stereocenters. The molecule has 2 aromatic heterocycles. The molecule has 0 aliphatic carbocycles. The summed E-state index contributed by atoms with van der Waals surface area (Å²) in [6.07, 6.45) is 1.77. The summed E-state index contributed by atoms with van der Waals surface area (Å²) in [7, 11) is 2.92. The Morgan fingerprint density at radius 3 is 2.42 bits per heavy atom. The highest BCUT2D eigenvalue weighted by atomic mass is 32.2. The first-order chi connectivity index (χ1) is 11.3. The fourth-order valence-corrected chi connectivity index (χ4v) is 3.33. The van der Waals surface area contributed by atoms with Crippen molar-refractivity contribution in [3.8, 4) is 0 Å². The maximum atomic E-state index is 12.5. The van der Waals surface area contributed by atoms with E-state index in [1.54, 1.807) is 6.92 Å². The molecule has 0 aliphatic rings. The third-order valence-electron chi connectivity index (χ3n) is 3.69. The number of fused-ring (bicyclic) bond motifs is 1. The molecular weight excluding hydrogens is 332 g/mol. The molecule has 8 nitrogen and oxygen atoms in total. The van der Waals surface area contributed by atoms with Crippen molar-refractivity contribution in [3.05, 3.63) is 26.7 Å². The monoisotopic (exact) mass is 352 g/mol. The van der Waals surface area contributed by atoms with Crippen LogP contribution in [0.5, 0.6) is 0 Å². The molecule has 0 saturated heterocycles. The molecular formula is C15H20N4O4S. The van der Waals surface area contributed by atoms with E-state index in [1.807, 2.05) is 6.92 Å². The molecule has 24 heavy (non-hydrogen) atoms. The van der Waals surface area contributed by atoms with Gasteiger partial charge in [-0.25, -0.2) is 14.8 Å². The van der Waals surface area contributed by atoms with Gasteiger partial charge in [-0.3, -0.25) is 18.7 Å². The predicted molar refractivity (Wildman–Crippen MR) is 91.6 cm³/mol. The Bertz CT molecular complexity index is 903. The number of hydrogen-bond donors (Lipinski definition) is 1. The summed E-state index contributed by atoms with van der Waals surface area (Å²) < 4.78 is 2.28. The molecule has 0 spiro atoms.